The Labute approximate surface area is 109 Å². The lowest BCUT2D eigenvalue weighted by molar-refractivity contribution is -0.148. The van der Waals surface area contributed by atoms with Crippen molar-refractivity contribution in [2.24, 2.45) is 5.92 Å². The second-order valence-electron chi connectivity index (χ2n) is 4.53. The summed E-state index contributed by atoms with van der Waals surface area (Å²) >= 11 is 0. The van der Waals surface area contributed by atoms with E-state index in [1.165, 1.54) is 12.8 Å². The van der Waals surface area contributed by atoms with Crippen molar-refractivity contribution in [3.05, 3.63) is 12.2 Å². The molecule has 0 amide bonds. The van der Waals surface area contributed by atoms with Crippen LogP contribution in [0.4, 0.5) is 0 Å². The molecule has 0 aliphatic carbocycles. The molecule has 2 N–H and O–H groups in total. The molecule has 0 aromatic rings. The SMILES string of the molecule is CCCC/C=C/CCCCC(CC(=O)O)C(=O)O. The van der Waals surface area contributed by atoms with E-state index < -0.39 is 17.9 Å². The molecule has 1 unspecified atom stereocenters. The Morgan fingerprint density at radius 2 is 1.67 bits per heavy atom. The molecule has 0 aliphatic heterocycles. The van der Waals surface area contributed by atoms with E-state index in [1.807, 2.05) is 0 Å². The number of carboxylic acids is 2. The van der Waals surface area contributed by atoms with Crippen LogP contribution in [0.5, 0.6) is 0 Å². The average Bonchev–Trinajstić information content (AvgIpc) is 2.30. The zero-order chi connectivity index (χ0) is 13.8. The summed E-state index contributed by atoms with van der Waals surface area (Å²) in [6, 6.07) is 0. The molecule has 0 aliphatic rings. The van der Waals surface area contributed by atoms with Gasteiger partial charge in [0.1, 0.15) is 0 Å². The van der Waals surface area contributed by atoms with Crippen molar-refractivity contribution < 1.29 is 19.8 Å². The minimum atomic E-state index is -1.04. The van der Waals surface area contributed by atoms with Gasteiger partial charge in [-0.25, -0.2) is 0 Å². The fourth-order valence-corrected chi connectivity index (χ4v) is 1.73. The molecule has 0 saturated carbocycles. The molecule has 0 aromatic heterocycles. The van der Waals surface area contributed by atoms with Crippen LogP contribution in [0, 0.1) is 5.92 Å². The monoisotopic (exact) mass is 256 g/mol. The normalized spacial score (nSPS) is 12.7. The van der Waals surface area contributed by atoms with Crippen molar-refractivity contribution in [3.63, 3.8) is 0 Å². The molecule has 104 valence electrons. The molecular formula is C14H24O4. The summed E-state index contributed by atoms with van der Waals surface area (Å²) in [5, 5.41) is 17.4. The minimum absolute atomic E-state index is 0.276. The standard InChI is InChI=1S/C14H24O4/c1-2-3-4-5-6-7-8-9-10-12(14(17)18)11-13(15)16/h5-6,12H,2-4,7-11H2,1H3,(H,15,16)(H,17,18)/b6-5+. The fourth-order valence-electron chi connectivity index (χ4n) is 1.73. The van der Waals surface area contributed by atoms with Crippen molar-refractivity contribution in [1.82, 2.24) is 0 Å². The number of hydrogen-bond donors (Lipinski definition) is 2. The van der Waals surface area contributed by atoms with Crippen molar-refractivity contribution >= 4 is 11.9 Å². The summed E-state index contributed by atoms with van der Waals surface area (Å²) in [6.07, 6.45) is 10.6. The van der Waals surface area contributed by atoms with E-state index in [2.05, 4.69) is 19.1 Å². The first-order chi connectivity index (χ1) is 8.57. The predicted octanol–water partition coefficient (Wildman–Crippen LogP) is 3.47. The third kappa shape index (κ3) is 9.87. The van der Waals surface area contributed by atoms with Gasteiger partial charge in [0.2, 0.25) is 0 Å². The Bertz CT molecular complexity index is 271. The van der Waals surface area contributed by atoms with Crippen molar-refractivity contribution in [2.75, 3.05) is 0 Å². The van der Waals surface area contributed by atoms with Gasteiger partial charge in [-0.3, -0.25) is 9.59 Å². The lowest BCUT2D eigenvalue weighted by Crippen LogP contribution is -2.17. The average molecular weight is 256 g/mol. The molecule has 0 bridgehead atoms. The zero-order valence-electron chi connectivity index (χ0n) is 11.1. The Morgan fingerprint density at radius 3 is 2.17 bits per heavy atom. The predicted molar refractivity (Wildman–Crippen MR) is 70.5 cm³/mol. The van der Waals surface area contributed by atoms with Crippen LogP contribution >= 0.6 is 0 Å². The lowest BCUT2D eigenvalue weighted by atomic mass is 9.98. The highest BCUT2D eigenvalue weighted by atomic mass is 16.4. The van der Waals surface area contributed by atoms with E-state index >= 15 is 0 Å². The van der Waals surface area contributed by atoms with Crippen LogP contribution in [-0.2, 0) is 9.59 Å². The Kier molecular flexibility index (Phi) is 10.0. The van der Waals surface area contributed by atoms with Gasteiger partial charge in [0.15, 0.2) is 0 Å². The number of hydrogen-bond acceptors (Lipinski definition) is 2. The highest BCUT2D eigenvalue weighted by molar-refractivity contribution is 5.77. The van der Waals surface area contributed by atoms with Crippen LogP contribution in [0.3, 0.4) is 0 Å². The molecule has 0 radical (unpaired) electrons. The number of aliphatic carboxylic acids is 2. The second kappa shape index (κ2) is 10.8. The number of carbonyl (C=O) groups is 2. The molecule has 4 nitrogen and oxygen atoms in total. The van der Waals surface area contributed by atoms with Gasteiger partial charge in [-0.05, 0) is 25.7 Å². The summed E-state index contributed by atoms with van der Waals surface area (Å²) in [5.41, 5.74) is 0. The number of allylic oxidation sites excluding steroid dienone is 2. The van der Waals surface area contributed by atoms with Gasteiger partial charge < -0.3 is 10.2 Å². The maximum Gasteiger partial charge on any atom is 0.307 e. The summed E-state index contributed by atoms with van der Waals surface area (Å²) in [5.74, 6) is -2.79. The van der Waals surface area contributed by atoms with Gasteiger partial charge >= 0.3 is 11.9 Å². The van der Waals surface area contributed by atoms with Gasteiger partial charge in [-0.2, -0.15) is 0 Å². The first-order valence-electron chi connectivity index (χ1n) is 6.67. The van der Waals surface area contributed by atoms with E-state index in [4.69, 9.17) is 10.2 Å². The van der Waals surface area contributed by atoms with Crippen LogP contribution in [-0.4, -0.2) is 22.2 Å². The molecule has 0 rings (SSSR count). The molecule has 0 aromatic carbocycles. The van der Waals surface area contributed by atoms with Crippen LogP contribution in [0.1, 0.15) is 58.3 Å². The zero-order valence-corrected chi connectivity index (χ0v) is 11.1. The van der Waals surface area contributed by atoms with E-state index in [9.17, 15) is 9.59 Å². The maximum atomic E-state index is 10.8. The number of rotatable bonds is 11. The minimum Gasteiger partial charge on any atom is -0.481 e. The van der Waals surface area contributed by atoms with Crippen molar-refractivity contribution in [2.45, 2.75) is 58.3 Å². The molecule has 4 heteroatoms. The molecule has 0 heterocycles. The third-order valence-electron chi connectivity index (χ3n) is 2.83. The number of unbranched alkanes of at least 4 members (excludes halogenated alkanes) is 4. The van der Waals surface area contributed by atoms with Crippen LogP contribution < -0.4 is 0 Å². The van der Waals surface area contributed by atoms with E-state index in [1.54, 1.807) is 0 Å². The highest BCUT2D eigenvalue weighted by Gasteiger charge is 2.19. The smallest absolute Gasteiger partial charge is 0.307 e. The Morgan fingerprint density at radius 1 is 1.06 bits per heavy atom. The van der Waals surface area contributed by atoms with E-state index in [0.717, 1.165) is 25.7 Å². The molecular weight excluding hydrogens is 232 g/mol. The van der Waals surface area contributed by atoms with Gasteiger partial charge in [-0.1, -0.05) is 38.3 Å². The Balaban J connectivity index is 3.64. The highest BCUT2D eigenvalue weighted by Crippen LogP contribution is 2.14. The van der Waals surface area contributed by atoms with Crippen LogP contribution in [0.15, 0.2) is 12.2 Å². The summed E-state index contributed by atoms with van der Waals surface area (Å²) in [4.78, 5) is 21.3. The van der Waals surface area contributed by atoms with E-state index in [0.29, 0.717) is 6.42 Å². The quantitative estimate of drug-likeness (QED) is 0.438. The fraction of sp³-hybridized carbons (Fsp3) is 0.714. The van der Waals surface area contributed by atoms with Gasteiger partial charge in [0.05, 0.1) is 12.3 Å². The molecule has 0 saturated heterocycles. The van der Waals surface area contributed by atoms with E-state index in [-0.39, 0.29) is 6.42 Å². The molecule has 0 spiro atoms. The van der Waals surface area contributed by atoms with Crippen molar-refractivity contribution in [1.29, 1.82) is 0 Å². The summed E-state index contributed by atoms with van der Waals surface area (Å²) in [6.45, 7) is 2.16. The molecule has 0 fully saturated rings. The topological polar surface area (TPSA) is 74.6 Å². The molecule has 18 heavy (non-hydrogen) atoms. The Hall–Kier alpha value is -1.32. The van der Waals surface area contributed by atoms with Gasteiger partial charge in [0.25, 0.3) is 0 Å². The first-order valence-corrected chi connectivity index (χ1v) is 6.67. The summed E-state index contributed by atoms with van der Waals surface area (Å²) < 4.78 is 0. The van der Waals surface area contributed by atoms with Gasteiger partial charge in [0, 0.05) is 0 Å². The first kappa shape index (κ1) is 16.7. The lowest BCUT2D eigenvalue weighted by Gasteiger charge is -2.08. The summed E-state index contributed by atoms with van der Waals surface area (Å²) in [7, 11) is 0. The largest absolute Gasteiger partial charge is 0.481 e. The molecule has 1 atom stereocenters. The van der Waals surface area contributed by atoms with Crippen LogP contribution in [0.2, 0.25) is 0 Å². The van der Waals surface area contributed by atoms with Crippen molar-refractivity contribution in [3.8, 4) is 0 Å². The maximum absolute atomic E-state index is 10.8. The second-order valence-corrected chi connectivity index (χ2v) is 4.53. The van der Waals surface area contributed by atoms with Gasteiger partial charge in [-0.15, -0.1) is 0 Å². The third-order valence-corrected chi connectivity index (χ3v) is 2.83. The van der Waals surface area contributed by atoms with Crippen LogP contribution in [0.25, 0.3) is 0 Å². The number of carboxylic acid groups (broad SMARTS) is 2.